The van der Waals surface area contributed by atoms with Crippen LogP contribution in [-0.4, -0.2) is 50.7 Å². The molecular formula is C19H24N4O3. The van der Waals surface area contributed by atoms with E-state index in [-0.39, 0.29) is 30.3 Å². The van der Waals surface area contributed by atoms with Gasteiger partial charge in [-0.2, -0.15) is 4.98 Å². The van der Waals surface area contributed by atoms with E-state index < -0.39 is 0 Å². The van der Waals surface area contributed by atoms with Gasteiger partial charge in [-0.1, -0.05) is 24.4 Å². The van der Waals surface area contributed by atoms with Crippen molar-refractivity contribution in [1.82, 2.24) is 20.0 Å². The molecule has 1 saturated heterocycles. The van der Waals surface area contributed by atoms with Crippen LogP contribution < -0.4 is 0 Å². The second kappa shape index (κ2) is 7.53. The Hall–Kier alpha value is -2.28. The van der Waals surface area contributed by atoms with Crippen LogP contribution in [0.15, 0.2) is 29.0 Å². The molecule has 0 aromatic carbocycles. The Morgan fingerprint density at radius 3 is 2.69 bits per heavy atom. The second-order valence-electron chi connectivity index (χ2n) is 7.32. The predicted octanol–water partition coefficient (Wildman–Crippen LogP) is 2.25. The number of aliphatic hydroxyl groups is 1. The van der Waals surface area contributed by atoms with Crippen molar-refractivity contribution in [1.29, 1.82) is 0 Å². The Balaban J connectivity index is 1.49. The summed E-state index contributed by atoms with van der Waals surface area (Å²) in [5.74, 6) is 1.19. The van der Waals surface area contributed by atoms with Gasteiger partial charge in [-0.3, -0.25) is 9.78 Å². The monoisotopic (exact) mass is 356 g/mol. The zero-order valence-corrected chi connectivity index (χ0v) is 14.8. The fourth-order valence-electron chi connectivity index (χ4n) is 4.13. The van der Waals surface area contributed by atoms with Crippen molar-refractivity contribution in [2.24, 2.45) is 11.8 Å². The van der Waals surface area contributed by atoms with Crippen molar-refractivity contribution >= 4 is 5.91 Å². The third kappa shape index (κ3) is 3.35. The van der Waals surface area contributed by atoms with E-state index in [0.717, 1.165) is 31.2 Å². The van der Waals surface area contributed by atoms with Crippen LogP contribution in [0.4, 0.5) is 0 Å². The van der Waals surface area contributed by atoms with Gasteiger partial charge in [-0.25, -0.2) is 0 Å². The van der Waals surface area contributed by atoms with E-state index in [1.54, 1.807) is 12.4 Å². The molecule has 138 valence electrons. The Morgan fingerprint density at radius 2 is 1.96 bits per heavy atom. The summed E-state index contributed by atoms with van der Waals surface area (Å²) in [5.41, 5.74) is 0.837. The highest BCUT2D eigenvalue weighted by molar-refractivity contribution is 5.79. The molecule has 1 saturated carbocycles. The van der Waals surface area contributed by atoms with Crippen molar-refractivity contribution in [3.8, 4) is 11.4 Å². The van der Waals surface area contributed by atoms with E-state index in [1.165, 1.54) is 6.42 Å². The van der Waals surface area contributed by atoms with E-state index in [0.29, 0.717) is 24.8 Å². The van der Waals surface area contributed by atoms with Crippen molar-refractivity contribution in [3.05, 3.63) is 30.4 Å². The molecule has 0 spiro atoms. The Kier molecular flexibility index (Phi) is 4.97. The van der Waals surface area contributed by atoms with Crippen LogP contribution in [0.1, 0.15) is 43.9 Å². The first kappa shape index (κ1) is 17.1. The van der Waals surface area contributed by atoms with Gasteiger partial charge in [0.25, 0.3) is 0 Å². The lowest BCUT2D eigenvalue weighted by Crippen LogP contribution is -2.35. The van der Waals surface area contributed by atoms with Crippen LogP contribution in [0.2, 0.25) is 0 Å². The number of hydrogen-bond donors (Lipinski definition) is 1. The molecular weight excluding hydrogens is 332 g/mol. The lowest BCUT2D eigenvalue weighted by atomic mass is 9.88. The highest BCUT2D eigenvalue weighted by Crippen LogP contribution is 2.35. The van der Waals surface area contributed by atoms with E-state index in [9.17, 15) is 9.90 Å². The van der Waals surface area contributed by atoms with Gasteiger partial charge in [-0.15, -0.1) is 0 Å². The Bertz CT molecular complexity index is 742. The van der Waals surface area contributed by atoms with Gasteiger partial charge in [0.15, 0.2) is 0 Å². The topological polar surface area (TPSA) is 92.4 Å². The summed E-state index contributed by atoms with van der Waals surface area (Å²) in [4.78, 5) is 23.2. The molecule has 4 rings (SSSR count). The van der Waals surface area contributed by atoms with Gasteiger partial charge >= 0.3 is 0 Å². The van der Waals surface area contributed by atoms with Crippen molar-refractivity contribution in [3.63, 3.8) is 0 Å². The van der Waals surface area contributed by atoms with E-state index >= 15 is 0 Å². The molecule has 1 aliphatic carbocycles. The van der Waals surface area contributed by atoms with Crippen LogP contribution in [-0.2, 0) is 4.79 Å². The normalized spacial score (nSPS) is 24.1. The minimum atomic E-state index is -0.115. The minimum Gasteiger partial charge on any atom is -0.396 e. The van der Waals surface area contributed by atoms with E-state index in [2.05, 4.69) is 15.1 Å². The molecule has 26 heavy (non-hydrogen) atoms. The van der Waals surface area contributed by atoms with Crippen LogP contribution in [0.5, 0.6) is 0 Å². The number of hydrogen-bond acceptors (Lipinski definition) is 6. The molecule has 1 aliphatic heterocycles. The third-order valence-corrected chi connectivity index (χ3v) is 5.64. The molecule has 7 heteroatoms. The van der Waals surface area contributed by atoms with E-state index in [4.69, 9.17) is 4.52 Å². The lowest BCUT2D eigenvalue weighted by molar-refractivity contribution is -0.135. The summed E-state index contributed by atoms with van der Waals surface area (Å²) in [6.07, 6.45) is 8.83. The minimum absolute atomic E-state index is 0.00604. The predicted molar refractivity (Wildman–Crippen MR) is 94.0 cm³/mol. The van der Waals surface area contributed by atoms with Crippen molar-refractivity contribution in [2.75, 3.05) is 19.7 Å². The largest absolute Gasteiger partial charge is 0.396 e. The number of carbonyl (C=O) groups excluding carboxylic acids is 1. The standard InChI is InChI=1S/C19H24N4O3/c24-12-15-10-23(19(25)14-4-2-1-3-5-14)11-16(15)18-21-17(22-26-18)13-6-8-20-9-7-13/h6-9,14-16,24H,1-5,10-12H2. The maximum Gasteiger partial charge on any atom is 0.232 e. The molecule has 1 amide bonds. The molecule has 7 nitrogen and oxygen atoms in total. The molecule has 2 aromatic heterocycles. The van der Waals surface area contributed by atoms with Crippen molar-refractivity contribution in [2.45, 2.75) is 38.0 Å². The van der Waals surface area contributed by atoms with Gasteiger partial charge < -0.3 is 14.5 Å². The highest BCUT2D eigenvalue weighted by Gasteiger charge is 2.40. The number of aliphatic hydroxyl groups excluding tert-OH is 1. The maximum absolute atomic E-state index is 12.8. The molecule has 2 fully saturated rings. The second-order valence-corrected chi connectivity index (χ2v) is 7.32. The fourth-order valence-corrected chi connectivity index (χ4v) is 4.13. The molecule has 2 atom stereocenters. The first-order valence-electron chi connectivity index (χ1n) is 9.40. The fraction of sp³-hybridized carbons (Fsp3) is 0.579. The third-order valence-electron chi connectivity index (χ3n) is 5.64. The quantitative estimate of drug-likeness (QED) is 0.903. The van der Waals surface area contributed by atoms with Crippen LogP contribution in [0.3, 0.4) is 0 Å². The highest BCUT2D eigenvalue weighted by atomic mass is 16.5. The van der Waals surface area contributed by atoms with Crippen LogP contribution in [0, 0.1) is 11.8 Å². The summed E-state index contributed by atoms with van der Waals surface area (Å²) in [7, 11) is 0. The number of amides is 1. The lowest BCUT2D eigenvalue weighted by Gasteiger charge is -2.26. The van der Waals surface area contributed by atoms with Gasteiger partial charge in [0.1, 0.15) is 0 Å². The SMILES string of the molecule is O=C(C1CCCCC1)N1CC(CO)C(c2nc(-c3ccncc3)no2)C1. The smallest absolute Gasteiger partial charge is 0.232 e. The Labute approximate surface area is 152 Å². The molecule has 0 bridgehead atoms. The number of likely N-dealkylation sites (tertiary alicyclic amines) is 1. The first-order valence-corrected chi connectivity index (χ1v) is 9.40. The number of nitrogens with zero attached hydrogens (tertiary/aromatic N) is 4. The van der Waals surface area contributed by atoms with Gasteiger partial charge in [0.2, 0.25) is 17.6 Å². The average molecular weight is 356 g/mol. The number of pyridine rings is 1. The maximum atomic E-state index is 12.8. The zero-order chi connectivity index (χ0) is 17.9. The summed E-state index contributed by atoms with van der Waals surface area (Å²) in [6.45, 7) is 1.11. The van der Waals surface area contributed by atoms with Crippen LogP contribution >= 0.6 is 0 Å². The number of aromatic nitrogens is 3. The molecule has 2 aliphatic rings. The van der Waals surface area contributed by atoms with Gasteiger partial charge in [-0.05, 0) is 25.0 Å². The van der Waals surface area contributed by atoms with E-state index in [1.807, 2.05) is 17.0 Å². The molecule has 3 heterocycles. The molecule has 2 aromatic rings. The van der Waals surface area contributed by atoms with Gasteiger partial charge in [0, 0.05) is 49.5 Å². The molecule has 2 unspecified atom stereocenters. The summed E-state index contributed by atoms with van der Waals surface area (Å²) in [5, 5.41) is 13.9. The molecule has 0 radical (unpaired) electrons. The summed E-state index contributed by atoms with van der Waals surface area (Å²) in [6, 6.07) is 3.65. The summed E-state index contributed by atoms with van der Waals surface area (Å²) < 4.78 is 5.48. The average Bonchev–Trinajstić information content (AvgIpc) is 3.35. The summed E-state index contributed by atoms with van der Waals surface area (Å²) >= 11 is 0. The van der Waals surface area contributed by atoms with Crippen molar-refractivity contribution < 1.29 is 14.4 Å². The Morgan fingerprint density at radius 1 is 1.19 bits per heavy atom. The van der Waals surface area contributed by atoms with Gasteiger partial charge in [0.05, 0.1) is 5.92 Å². The van der Waals surface area contributed by atoms with Crippen LogP contribution in [0.25, 0.3) is 11.4 Å². The number of rotatable bonds is 4. The number of carbonyl (C=O) groups is 1. The zero-order valence-electron chi connectivity index (χ0n) is 14.8. The molecule has 1 N–H and O–H groups in total. The first-order chi connectivity index (χ1) is 12.8.